The first-order chi connectivity index (χ1) is 9.52. The Balaban J connectivity index is 2.29. The van der Waals surface area contributed by atoms with Crippen molar-refractivity contribution in [2.24, 2.45) is 0 Å². The number of hydrogen-bond acceptors (Lipinski definition) is 2. The molecule has 1 N–H and O–H groups in total. The number of methoxy groups -OCH3 is 1. The smallest absolute Gasteiger partial charge is 0.255 e. The summed E-state index contributed by atoms with van der Waals surface area (Å²) < 4.78 is 5.84. The summed E-state index contributed by atoms with van der Waals surface area (Å²) >= 11 is 15.4. The van der Waals surface area contributed by atoms with Crippen LogP contribution in [0.4, 0.5) is 5.69 Å². The fourth-order valence-electron chi connectivity index (χ4n) is 1.64. The standard InChI is InChI=1S/C14H10BrCl2NO2/c1-20-13-10(16)6-8(7-11(13)17)14(19)18-12-5-3-2-4-9(12)15/h2-7H,1H3,(H,18,19). The van der Waals surface area contributed by atoms with Crippen molar-refractivity contribution >= 4 is 50.7 Å². The molecule has 0 fully saturated rings. The lowest BCUT2D eigenvalue weighted by molar-refractivity contribution is 0.102. The number of rotatable bonds is 3. The molecule has 20 heavy (non-hydrogen) atoms. The number of carbonyl (C=O) groups is 1. The van der Waals surface area contributed by atoms with Crippen LogP contribution in [-0.4, -0.2) is 13.0 Å². The van der Waals surface area contributed by atoms with E-state index < -0.39 is 0 Å². The molecule has 0 bridgehead atoms. The van der Waals surface area contributed by atoms with E-state index in [0.717, 1.165) is 4.47 Å². The summed E-state index contributed by atoms with van der Waals surface area (Å²) in [5, 5.41) is 3.35. The molecule has 0 unspecified atom stereocenters. The zero-order valence-corrected chi connectivity index (χ0v) is 13.5. The van der Waals surface area contributed by atoms with Gasteiger partial charge in [0.2, 0.25) is 0 Å². The molecule has 2 aromatic carbocycles. The first kappa shape index (κ1) is 15.2. The van der Waals surface area contributed by atoms with Crippen molar-refractivity contribution in [1.82, 2.24) is 0 Å². The Morgan fingerprint density at radius 2 is 1.80 bits per heavy atom. The molecule has 0 spiro atoms. The van der Waals surface area contributed by atoms with Gasteiger partial charge >= 0.3 is 0 Å². The van der Waals surface area contributed by atoms with Gasteiger partial charge in [0.25, 0.3) is 5.91 Å². The maximum absolute atomic E-state index is 12.2. The molecular formula is C14H10BrCl2NO2. The second-order valence-electron chi connectivity index (χ2n) is 3.91. The number of halogens is 3. The molecule has 0 saturated carbocycles. The van der Waals surface area contributed by atoms with Gasteiger partial charge in [0, 0.05) is 10.0 Å². The van der Waals surface area contributed by atoms with Gasteiger partial charge in [0.1, 0.15) is 0 Å². The SMILES string of the molecule is COc1c(Cl)cc(C(=O)Nc2ccccc2Br)cc1Cl. The van der Waals surface area contributed by atoms with E-state index in [4.69, 9.17) is 27.9 Å². The first-order valence-corrected chi connectivity index (χ1v) is 7.16. The van der Waals surface area contributed by atoms with Crippen LogP contribution in [-0.2, 0) is 0 Å². The van der Waals surface area contributed by atoms with Gasteiger partial charge in [0.05, 0.1) is 22.8 Å². The first-order valence-electron chi connectivity index (χ1n) is 5.62. The van der Waals surface area contributed by atoms with Crippen LogP contribution >= 0.6 is 39.1 Å². The molecule has 0 aliphatic carbocycles. The molecule has 0 atom stereocenters. The maximum atomic E-state index is 12.2. The zero-order chi connectivity index (χ0) is 14.7. The van der Waals surface area contributed by atoms with Crippen LogP contribution in [0, 0.1) is 0 Å². The highest BCUT2D eigenvalue weighted by Gasteiger charge is 2.14. The van der Waals surface area contributed by atoms with Crippen molar-refractivity contribution < 1.29 is 9.53 Å². The summed E-state index contributed by atoms with van der Waals surface area (Å²) in [5.41, 5.74) is 1.03. The minimum Gasteiger partial charge on any atom is -0.494 e. The van der Waals surface area contributed by atoms with E-state index in [-0.39, 0.29) is 16.0 Å². The summed E-state index contributed by atoms with van der Waals surface area (Å²) in [7, 11) is 1.47. The lowest BCUT2D eigenvalue weighted by Gasteiger charge is -2.10. The quantitative estimate of drug-likeness (QED) is 0.819. The lowest BCUT2D eigenvalue weighted by Crippen LogP contribution is -2.12. The Kier molecular flexibility index (Phi) is 4.91. The van der Waals surface area contributed by atoms with Gasteiger partial charge in [-0.25, -0.2) is 0 Å². The van der Waals surface area contributed by atoms with Gasteiger partial charge in [-0.15, -0.1) is 0 Å². The van der Waals surface area contributed by atoms with E-state index in [0.29, 0.717) is 17.0 Å². The monoisotopic (exact) mass is 373 g/mol. The fourth-order valence-corrected chi connectivity index (χ4v) is 2.67. The van der Waals surface area contributed by atoms with Crippen LogP contribution in [0.1, 0.15) is 10.4 Å². The summed E-state index contributed by atoms with van der Waals surface area (Å²) in [6, 6.07) is 10.3. The molecule has 1 amide bonds. The van der Waals surface area contributed by atoms with Gasteiger partial charge in [-0.1, -0.05) is 35.3 Å². The van der Waals surface area contributed by atoms with Gasteiger partial charge in [-0.3, -0.25) is 4.79 Å². The van der Waals surface area contributed by atoms with Gasteiger partial charge in [0.15, 0.2) is 5.75 Å². The predicted octanol–water partition coefficient (Wildman–Crippen LogP) is 5.02. The molecule has 0 saturated heterocycles. The summed E-state index contributed by atoms with van der Waals surface area (Å²) in [6.07, 6.45) is 0. The third-order valence-corrected chi connectivity index (χ3v) is 3.84. The molecule has 0 heterocycles. The number of benzene rings is 2. The van der Waals surface area contributed by atoms with Gasteiger partial charge in [-0.2, -0.15) is 0 Å². The Labute approximate surface area is 135 Å². The molecule has 2 aromatic rings. The van der Waals surface area contributed by atoms with Crippen LogP contribution in [0.25, 0.3) is 0 Å². The average Bonchev–Trinajstić information content (AvgIpc) is 2.41. The Morgan fingerprint density at radius 1 is 1.20 bits per heavy atom. The van der Waals surface area contributed by atoms with E-state index >= 15 is 0 Å². The molecule has 0 aliphatic heterocycles. The average molecular weight is 375 g/mol. The number of hydrogen-bond donors (Lipinski definition) is 1. The highest BCUT2D eigenvalue weighted by molar-refractivity contribution is 9.10. The van der Waals surface area contributed by atoms with Crippen LogP contribution in [0.3, 0.4) is 0 Å². The van der Waals surface area contributed by atoms with Crippen LogP contribution in [0.15, 0.2) is 40.9 Å². The van der Waals surface area contributed by atoms with Gasteiger partial charge in [-0.05, 0) is 40.2 Å². The van der Waals surface area contributed by atoms with Crippen LogP contribution in [0.2, 0.25) is 10.0 Å². The third-order valence-electron chi connectivity index (χ3n) is 2.59. The largest absolute Gasteiger partial charge is 0.494 e. The molecule has 104 valence electrons. The van der Waals surface area contributed by atoms with E-state index in [2.05, 4.69) is 21.2 Å². The molecule has 0 radical (unpaired) electrons. The molecule has 3 nitrogen and oxygen atoms in total. The van der Waals surface area contributed by atoms with Crippen molar-refractivity contribution in [3.05, 3.63) is 56.5 Å². The topological polar surface area (TPSA) is 38.3 Å². The van der Waals surface area contributed by atoms with Crippen LogP contribution < -0.4 is 10.1 Å². The third kappa shape index (κ3) is 3.26. The predicted molar refractivity (Wildman–Crippen MR) is 85.1 cm³/mol. The van der Waals surface area contributed by atoms with E-state index in [1.165, 1.54) is 19.2 Å². The Morgan fingerprint density at radius 3 is 2.35 bits per heavy atom. The zero-order valence-electron chi connectivity index (χ0n) is 10.4. The molecule has 2 rings (SSSR count). The van der Waals surface area contributed by atoms with E-state index in [9.17, 15) is 4.79 Å². The molecular weight excluding hydrogens is 365 g/mol. The fraction of sp³-hybridized carbons (Fsp3) is 0.0714. The van der Waals surface area contributed by atoms with Crippen molar-refractivity contribution in [3.63, 3.8) is 0 Å². The summed E-state index contributed by atoms with van der Waals surface area (Å²) in [4.78, 5) is 12.2. The van der Waals surface area contributed by atoms with E-state index in [1.807, 2.05) is 18.2 Å². The maximum Gasteiger partial charge on any atom is 0.255 e. The number of ether oxygens (including phenoxy) is 1. The van der Waals surface area contributed by atoms with E-state index in [1.54, 1.807) is 6.07 Å². The minimum atomic E-state index is -0.302. The van der Waals surface area contributed by atoms with Crippen molar-refractivity contribution in [1.29, 1.82) is 0 Å². The van der Waals surface area contributed by atoms with Crippen molar-refractivity contribution in [3.8, 4) is 5.75 Å². The minimum absolute atomic E-state index is 0.289. The number of nitrogens with one attached hydrogen (secondary N) is 1. The molecule has 6 heteroatoms. The summed E-state index contributed by atoms with van der Waals surface area (Å²) in [5.74, 6) is 0.0501. The Bertz CT molecular complexity index is 638. The number of amides is 1. The second kappa shape index (κ2) is 6.48. The normalized spacial score (nSPS) is 10.2. The molecule has 0 aliphatic rings. The second-order valence-corrected chi connectivity index (χ2v) is 5.58. The van der Waals surface area contributed by atoms with Gasteiger partial charge < -0.3 is 10.1 Å². The Hall–Kier alpha value is -1.23. The summed E-state index contributed by atoms with van der Waals surface area (Å²) in [6.45, 7) is 0. The lowest BCUT2D eigenvalue weighted by atomic mass is 10.2. The van der Waals surface area contributed by atoms with Crippen LogP contribution in [0.5, 0.6) is 5.75 Å². The number of anilines is 1. The van der Waals surface area contributed by atoms with Crippen molar-refractivity contribution in [2.45, 2.75) is 0 Å². The number of para-hydroxylation sites is 1. The highest BCUT2D eigenvalue weighted by atomic mass is 79.9. The number of carbonyl (C=O) groups excluding carboxylic acids is 1. The highest BCUT2D eigenvalue weighted by Crippen LogP contribution is 2.34. The molecule has 0 aromatic heterocycles. The van der Waals surface area contributed by atoms with Crippen molar-refractivity contribution in [2.75, 3.05) is 12.4 Å².